The monoisotopic (exact) mass is 319 g/mol. The molecule has 3 rings (SSSR count). The number of amides is 1. The number of hydrogen-bond donors (Lipinski definition) is 1. The van der Waals surface area contributed by atoms with Gasteiger partial charge >= 0.3 is 0 Å². The Morgan fingerprint density at radius 1 is 1.04 bits per heavy atom. The van der Waals surface area contributed by atoms with E-state index in [-0.39, 0.29) is 5.91 Å². The molecule has 0 saturated heterocycles. The summed E-state index contributed by atoms with van der Waals surface area (Å²) in [5.41, 5.74) is 6.27. The lowest BCUT2D eigenvalue weighted by Crippen LogP contribution is -2.30. The number of carbonyl (C=O) groups excluding carboxylic acids is 1. The molecule has 0 fully saturated rings. The molecule has 1 aromatic heterocycles. The number of nitrogens with one attached hydrogen (secondary N) is 1. The van der Waals surface area contributed by atoms with Crippen molar-refractivity contribution in [3.63, 3.8) is 0 Å². The van der Waals surface area contributed by atoms with Crippen LogP contribution >= 0.6 is 0 Å². The Balaban J connectivity index is 2.01. The summed E-state index contributed by atoms with van der Waals surface area (Å²) in [6.07, 6.45) is 0. The Labute approximate surface area is 143 Å². The van der Waals surface area contributed by atoms with Crippen LogP contribution in [0.4, 0.5) is 0 Å². The predicted octanol–water partition coefficient (Wildman–Crippen LogP) is 4.73. The molecule has 3 nitrogen and oxygen atoms in total. The van der Waals surface area contributed by atoms with E-state index in [0.717, 1.165) is 35.2 Å². The van der Waals surface area contributed by atoms with Crippen molar-refractivity contribution in [2.24, 2.45) is 0 Å². The van der Waals surface area contributed by atoms with Crippen LogP contribution in [-0.2, 0) is 0 Å². The summed E-state index contributed by atoms with van der Waals surface area (Å²) in [6, 6.07) is 15.7. The fourth-order valence-electron chi connectivity index (χ4n) is 3.15. The molecule has 0 saturated carbocycles. The number of aromatic amines is 1. The Kier molecular flexibility index (Phi) is 4.43. The van der Waals surface area contributed by atoms with Gasteiger partial charge in [0, 0.05) is 35.6 Å². The Bertz CT molecular complexity index is 868. The highest BCUT2D eigenvalue weighted by atomic mass is 16.2. The molecule has 3 aromatic rings. The van der Waals surface area contributed by atoms with Gasteiger partial charge in [-0.15, -0.1) is 0 Å². The van der Waals surface area contributed by atoms with Crippen LogP contribution in [0.1, 0.15) is 35.3 Å². The molecule has 0 aliphatic rings. The lowest BCUT2D eigenvalue weighted by Gasteiger charge is -2.18. The van der Waals surface area contributed by atoms with E-state index in [4.69, 9.17) is 0 Å². The maximum absolute atomic E-state index is 12.5. The van der Waals surface area contributed by atoms with Crippen LogP contribution in [0.3, 0.4) is 0 Å². The molecule has 1 radical (unpaired) electrons. The van der Waals surface area contributed by atoms with Crippen LogP contribution in [0, 0.1) is 19.9 Å². The summed E-state index contributed by atoms with van der Waals surface area (Å²) < 4.78 is 0. The summed E-state index contributed by atoms with van der Waals surface area (Å²) >= 11 is 0. The topological polar surface area (TPSA) is 36.1 Å². The number of aryl methyl sites for hydroxylation is 2. The number of fused-ring (bicyclic) bond motifs is 1. The molecule has 0 bridgehead atoms. The molecule has 0 atom stereocenters. The van der Waals surface area contributed by atoms with Gasteiger partial charge in [0.05, 0.1) is 5.69 Å². The molecule has 1 heterocycles. The van der Waals surface area contributed by atoms with Crippen LogP contribution in [0.2, 0.25) is 0 Å². The van der Waals surface area contributed by atoms with Gasteiger partial charge in [-0.05, 0) is 63.6 Å². The van der Waals surface area contributed by atoms with E-state index in [2.05, 4.69) is 43.1 Å². The first-order chi connectivity index (χ1) is 11.5. The number of rotatable bonds is 4. The second-order valence-corrected chi connectivity index (χ2v) is 6.24. The Hall–Kier alpha value is -2.55. The van der Waals surface area contributed by atoms with Gasteiger partial charge in [-0.25, -0.2) is 0 Å². The molecular formula is C21H23N2O. The molecule has 0 aliphatic carbocycles. The summed E-state index contributed by atoms with van der Waals surface area (Å²) in [7, 11) is 0. The molecule has 1 amide bonds. The first-order valence-electron chi connectivity index (χ1n) is 8.44. The van der Waals surface area contributed by atoms with Gasteiger partial charge in [0.15, 0.2) is 0 Å². The highest BCUT2D eigenvalue weighted by molar-refractivity contribution is 5.98. The van der Waals surface area contributed by atoms with Crippen molar-refractivity contribution in [3.05, 3.63) is 59.2 Å². The van der Waals surface area contributed by atoms with E-state index in [9.17, 15) is 4.79 Å². The number of carbonyl (C=O) groups is 1. The number of hydrogen-bond acceptors (Lipinski definition) is 1. The van der Waals surface area contributed by atoms with Crippen LogP contribution in [0.25, 0.3) is 22.2 Å². The summed E-state index contributed by atoms with van der Waals surface area (Å²) in [6.45, 7) is 9.64. The normalized spacial score (nSPS) is 11.0. The van der Waals surface area contributed by atoms with Crippen molar-refractivity contribution in [3.8, 4) is 11.3 Å². The smallest absolute Gasteiger partial charge is 0.253 e. The summed E-state index contributed by atoms with van der Waals surface area (Å²) in [5.74, 6) is 0.0736. The average molecular weight is 319 g/mol. The van der Waals surface area contributed by atoms with Crippen molar-refractivity contribution in [1.82, 2.24) is 9.88 Å². The molecule has 1 N–H and O–H groups in total. The van der Waals surface area contributed by atoms with Gasteiger partial charge in [-0.2, -0.15) is 0 Å². The quantitative estimate of drug-likeness (QED) is 0.741. The van der Waals surface area contributed by atoms with Gasteiger partial charge in [0.1, 0.15) is 0 Å². The lowest BCUT2D eigenvalue weighted by atomic mass is 10.0. The minimum Gasteiger partial charge on any atom is -0.354 e. The van der Waals surface area contributed by atoms with Gasteiger partial charge in [-0.3, -0.25) is 4.79 Å². The fourth-order valence-corrected chi connectivity index (χ4v) is 3.15. The lowest BCUT2D eigenvalue weighted by molar-refractivity contribution is 0.0773. The maximum Gasteiger partial charge on any atom is 0.253 e. The summed E-state index contributed by atoms with van der Waals surface area (Å²) in [4.78, 5) is 17.8. The molecule has 2 aromatic carbocycles. The van der Waals surface area contributed by atoms with E-state index >= 15 is 0 Å². The number of aromatic nitrogens is 1. The fraction of sp³-hybridized carbons (Fsp3) is 0.286. The highest BCUT2D eigenvalue weighted by Gasteiger charge is 2.14. The molecule has 123 valence electrons. The average Bonchev–Trinajstić information content (AvgIpc) is 2.98. The first kappa shape index (κ1) is 16.3. The number of H-pyrrole nitrogens is 1. The highest BCUT2D eigenvalue weighted by Crippen LogP contribution is 2.26. The number of benzene rings is 2. The standard InChI is InChI=1S/C21H23N2O/c1-5-23(6-2)21(24)16-7-8-19-18(12-16)13-20(22-19)17-10-14(3)9-15(4)11-17/h7-12,22H,5-6H2,1-4H3. The van der Waals surface area contributed by atoms with Gasteiger partial charge < -0.3 is 9.88 Å². The molecule has 0 spiro atoms. The third kappa shape index (κ3) is 3.07. The molecule has 24 heavy (non-hydrogen) atoms. The van der Waals surface area contributed by atoms with E-state index in [1.165, 1.54) is 11.1 Å². The third-order valence-electron chi connectivity index (χ3n) is 4.35. The van der Waals surface area contributed by atoms with E-state index < -0.39 is 0 Å². The number of nitrogens with zero attached hydrogens (tertiary/aromatic N) is 1. The Morgan fingerprint density at radius 2 is 1.71 bits per heavy atom. The van der Waals surface area contributed by atoms with Gasteiger partial charge in [-0.1, -0.05) is 17.2 Å². The van der Waals surface area contributed by atoms with E-state index in [0.29, 0.717) is 5.56 Å². The first-order valence-corrected chi connectivity index (χ1v) is 8.44. The maximum atomic E-state index is 12.5. The van der Waals surface area contributed by atoms with Gasteiger partial charge in [0.25, 0.3) is 5.91 Å². The van der Waals surface area contributed by atoms with Crippen LogP contribution < -0.4 is 0 Å². The SMILES string of the molecule is CCN(CC)C(=O)c1ccc2[nH]c(-c3cc(C)cc(C)c3)[c]c2c1. The zero-order valence-corrected chi connectivity index (χ0v) is 14.7. The van der Waals surface area contributed by atoms with Gasteiger partial charge in [0.2, 0.25) is 0 Å². The minimum absolute atomic E-state index is 0.0736. The predicted molar refractivity (Wildman–Crippen MR) is 99.3 cm³/mol. The van der Waals surface area contributed by atoms with E-state index in [1.807, 2.05) is 36.9 Å². The van der Waals surface area contributed by atoms with Crippen molar-refractivity contribution < 1.29 is 4.79 Å². The van der Waals surface area contributed by atoms with Crippen LogP contribution in [0.5, 0.6) is 0 Å². The Morgan fingerprint density at radius 3 is 2.33 bits per heavy atom. The molecule has 0 unspecified atom stereocenters. The minimum atomic E-state index is 0.0736. The molecule has 3 heteroatoms. The molecule has 0 aliphatic heterocycles. The van der Waals surface area contributed by atoms with E-state index in [1.54, 1.807) is 0 Å². The second-order valence-electron chi connectivity index (χ2n) is 6.24. The zero-order chi connectivity index (χ0) is 17.3. The third-order valence-corrected chi connectivity index (χ3v) is 4.35. The van der Waals surface area contributed by atoms with Crippen molar-refractivity contribution in [1.29, 1.82) is 0 Å². The van der Waals surface area contributed by atoms with Crippen molar-refractivity contribution in [2.45, 2.75) is 27.7 Å². The van der Waals surface area contributed by atoms with Crippen LogP contribution in [0.15, 0.2) is 36.4 Å². The zero-order valence-electron chi connectivity index (χ0n) is 14.7. The second kappa shape index (κ2) is 6.52. The molecular weight excluding hydrogens is 296 g/mol. The van der Waals surface area contributed by atoms with Crippen molar-refractivity contribution in [2.75, 3.05) is 13.1 Å². The van der Waals surface area contributed by atoms with Crippen molar-refractivity contribution >= 4 is 16.8 Å². The van der Waals surface area contributed by atoms with Crippen LogP contribution in [-0.4, -0.2) is 28.9 Å². The largest absolute Gasteiger partial charge is 0.354 e. The summed E-state index contributed by atoms with van der Waals surface area (Å²) in [5, 5.41) is 0.946.